The number of carboxylic acid groups (broad SMARTS) is 1. The molecule has 1 rings (SSSR count). The predicted octanol–water partition coefficient (Wildman–Crippen LogP) is 1.25. The zero-order chi connectivity index (χ0) is 9.84. The number of carbonyl (C=O) groups is 2. The van der Waals surface area contributed by atoms with Crippen LogP contribution in [0, 0.1) is 0 Å². The molecule has 0 aliphatic carbocycles. The maximum atomic E-state index is 11.3. The van der Waals surface area contributed by atoms with Gasteiger partial charge in [0.1, 0.15) is 0 Å². The van der Waals surface area contributed by atoms with Crippen molar-refractivity contribution >= 4 is 24.4 Å². The van der Waals surface area contributed by atoms with Crippen LogP contribution in [0.4, 0.5) is 0 Å². The third-order valence-electron chi connectivity index (χ3n) is 1.54. The third-order valence-corrected chi connectivity index (χ3v) is 2.00. The van der Waals surface area contributed by atoms with Crippen LogP contribution in [0.2, 0.25) is 0 Å². The predicted molar refractivity (Wildman–Crippen MR) is 51.2 cm³/mol. The second kappa shape index (κ2) is 4.09. The minimum absolute atomic E-state index is 0.366. The summed E-state index contributed by atoms with van der Waals surface area (Å²) in [6.07, 6.45) is 0. The lowest BCUT2D eigenvalue weighted by molar-refractivity contribution is -0.135. The monoisotopic (exact) mass is 196 g/mol. The fourth-order valence-electron chi connectivity index (χ4n) is 0.872. The Bertz CT molecular complexity index is 321. The van der Waals surface area contributed by atoms with Crippen molar-refractivity contribution in [3.8, 4) is 0 Å². The molecule has 68 valence electrons. The van der Waals surface area contributed by atoms with Gasteiger partial charge in [-0.15, -0.1) is 0 Å². The molecule has 0 saturated carbocycles. The number of Topliss-reactive ketones (excluding diaryl/α,β-unsaturated/α-hetero) is 1. The summed E-state index contributed by atoms with van der Waals surface area (Å²) in [6, 6.07) is 8.24. The molecule has 0 radical (unpaired) electrons. The van der Waals surface area contributed by atoms with Crippen LogP contribution in [0.15, 0.2) is 30.3 Å². The summed E-state index contributed by atoms with van der Waals surface area (Å²) >= 11 is 3.68. The molecule has 0 aromatic heterocycles. The van der Waals surface area contributed by atoms with Crippen LogP contribution < -0.4 is 0 Å². The Balaban J connectivity index is 2.86. The quantitative estimate of drug-likeness (QED) is 0.434. The van der Waals surface area contributed by atoms with E-state index in [0.717, 1.165) is 0 Å². The zero-order valence-corrected chi connectivity index (χ0v) is 7.57. The number of hydrogen-bond acceptors (Lipinski definition) is 3. The first kappa shape index (κ1) is 9.80. The number of aliphatic carboxylic acids is 1. The highest BCUT2D eigenvalue weighted by atomic mass is 32.1. The molecular weight excluding hydrogens is 188 g/mol. The molecule has 1 aromatic carbocycles. The van der Waals surface area contributed by atoms with Gasteiger partial charge in [0, 0.05) is 5.56 Å². The number of rotatable bonds is 3. The van der Waals surface area contributed by atoms with Crippen molar-refractivity contribution in [1.29, 1.82) is 0 Å². The Hall–Kier alpha value is -1.29. The summed E-state index contributed by atoms with van der Waals surface area (Å²) in [7, 11) is 0. The van der Waals surface area contributed by atoms with Gasteiger partial charge in [0.25, 0.3) is 0 Å². The van der Waals surface area contributed by atoms with Crippen molar-refractivity contribution in [2.75, 3.05) is 0 Å². The molecule has 0 fully saturated rings. The van der Waals surface area contributed by atoms with Crippen LogP contribution in [0.3, 0.4) is 0 Å². The van der Waals surface area contributed by atoms with Crippen molar-refractivity contribution in [2.24, 2.45) is 0 Å². The summed E-state index contributed by atoms with van der Waals surface area (Å²) in [4.78, 5) is 21.7. The van der Waals surface area contributed by atoms with Crippen molar-refractivity contribution in [3.05, 3.63) is 35.9 Å². The fraction of sp³-hybridized carbons (Fsp3) is 0.111. The topological polar surface area (TPSA) is 54.4 Å². The van der Waals surface area contributed by atoms with Gasteiger partial charge in [-0.1, -0.05) is 30.3 Å². The molecular formula is C9H8O3S. The van der Waals surface area contributed by atoms with Gasteiger partial charge in [-0.3, -0.25) is 9.59 Å². The van der Waals surface area contributed by atoms with Crippen molar-refractivity contribution in [3.63, 3.8) is 0 Å². The maximum Gasteiger partial charge on any atom is 0.324 e. The van der Waals surface area contributed by atoms with Crippen LogP contribution in [0.25, 0.3) is 0 Å². The third kappa shape index (κ3) is 2.32. The SMILES string of the molecule is O=C(O)[C@@H](S)C(=O)c1ccccc1. The van der Waals surface area contributed by atoms with Crippen LogP contribution in [-0.2, 0) is 4.79 Å². The van der Waals surface area contributed by atoms with Crippen LogP contribution in [-0.4, -0.2) is 22.1 Å². The van der Waals surface area contributed by atoms with Crippen LogP contribution >= 0.6 is 12.6 Å². The molecule has 3 nitrogen and oxygen atoms in total. The lowest BCUT2D eigenvalue weighted by atomic mass is 10.1. The van der Waals surface area contributed by atoms with Gasteiger partial charge in [-0.2, -0.15) is 12.6 Å². The van der Waals surface area contributed by atoms with E-state index in [9.17, 15) is 9.59 Å². The average Bonchev–Trinajstić information content (AvgIpc) is 2.17. The summed E-state index contributed by atoms with van der Waals surface area (Å²) in [5, 5.41) is 7.24. The van der Waals surface area contributed by atoms with Gasteiger partial charge in [-0.05, 0) is 0 Å². The highest BCUT2D eigenvalue weighted by Crippen LogP contribution is 2.07. The molecule has 0 unspecified atom stereocenters. The highest BCUT2D eigenvalue weighted by Gasteiger charge is 2.22. The first-order chi connectivity index (χ1) is 6.13. The molecule has 0 heterocycles. The normalized spacial score (nSPS) is 12.1. The van der Waals surface area contributed by atoms with Crippen molar-refractivity contribution in [2.45, 2.75) is 5.25 Å². The van der Waals surface area contributed by atoms with E-state index < -0.39 is 17.0 Å². The van der Waals surface area contributed by atoms with Crippen molar-refractivity contribution in [1.82, 2.24) is 0 Å². The van der Waals surface area contributed by atoms with Gasteiger partial charge in [0.15, 0.2) is 11.0 Å². The van der Waals surface area contributed by atoms with E-state index in [1.165, 1.54) is 0 Å². The average molecular weight is 196 g/mol. The van der Waals surface area contributed by atoms with E-state index in [2.05, 4.69) is 12.6 Å². The molecule has 0 amide bonds. The minimum Gasteiger partial charge on any atom is -0.480 e. The Morgan fingerprint density at radius 3 is 2.23 bits per heavy atom. The van der Waals surface area contributed by atoms with E-state index in [1.807, 2.05) is 0 Å². The zero-order valence-electron chi connectivity index (χ0n) is 6.68. The van der Waals surface area contributed by atoms with E-state index in [0.29, 0.717) is 5.56 Å². The van der Waals surface area contributed by atoms with E-state index >= 15 is 0 Å². The van der Waals surface area contributed by atoms with E-state index in [1.54, 1.807) is 30.3 Å². The second-order valence-corrected chi connectivity index (χ2v) is 2.99. The Morgan fingerprint density at radius 2 is 1.77 bits per heavy atom. The standard InChI is InChI=1S/C9H8O3S/c10-7(8(13)9(11)12)6-4-2-1-3-5-6/h1-5,8,13H,(H,11,12)/t8-/m0/s1. The molecule has 0 aliphatic heterocycles. The van der Waals surface area contributed by atoms with E-state index in [-0.39, 0.29) is 0 Å². The molecule has 13 heavy (non-hydrogen) atoms. The Kier molecular flexibility index (Phi) is 3.08. The number of benzene rings is 1. The van der Waals surface area contributed by atoms with Gasteiger partial charge in [-0.25, -0.2) is 0 Å². The molecule has 4 heteroatoms. The maximum absolute atomic E-state index is 11.3. The van der Waals surface area contributed by atoms with E-state index in [4.69, 9.17) is 5.11 Å². The van der Waals surface area contributed by atoms with Crippen molar-refractivity contribution < 1.29 is 14.7 Å². The van der Waals surface area contributed by atoms with Gasteiger partial charge < -0.3 is 5.11 Å². The lowest BCUT2D eigenvalue weighted by Crippen LogP contribution is -2.24. The summed E-state index contributed by atoms with van der Waals surface area (Å²) in [6.45, 7) is 0. The van der Waals surface area contributed by atoms with Gasteiger partial charge >= 0.3 is 5.97 Å². The Morgan fingerprint density at radius 1 is 1.23 bits per heavy atom. The minimum atomic E-state index is -1.28. The fourth-order valence-corrected chi connectivity index (χ4v) is 1.02. The Labute approximate surface area is 80.8 Å². The smallest absolute Gasteiger partial charge is 0.324 e. The number of thiol groups is 1. The molecule has 0 aliphatic rings. The number of carboxylic acids is 1. The van der Waals surface area contributed by atoms with Gasteiger partial charge in [0.05, 0.1) is 0 Å². The summed E-state index contributed by atoms with van der Waals surface area (Å²) in [5.74, 6) is -1.71. The number of carbonyl (C=O) groups excluding carboxylic acids is 1. The first-order valence-electron chi connectivity index (χ1n) is 3.63. The first-order valence-corrected chi connectivity index (χ1v) is 4.14. The molecule has 1 N–H and O–H groups in total. The van der Waals surface area contributed by atoms with Gasteiger partial charge in [0.2, 0.25) is 0 Å². The number of hydrogen-bond donors (Lipinski definition) is 2. The molecule has 0 bridgehead atoms. The summed E-state index contributed by atoms with van der Waals surface area (Å²) < 4.78 is 0. The lowest BCUT2D eigenvalue weighted by Gasteiger charge is -2.03. The molecule has 0 saturated heterocycles. The van der Waals surface area contributed by atoms with Crippen LogP contribution in [0.1, 0.15) is 10.4 Å². The molecule has 1 aromatic rings. The largest absolute Gasteiger partial charge is 0.480 e. The molecule has 0 spiro atoms. The highest BCUT2D eigenvalue weighted by molar-refractivity contribution is 7.82. The summed E-state index contributed by atoms with van der Waals surface area (Å²) in [5.41, 5.74) is 0.366. The molecule has 1 atom stereocenters. The number of ketones is 1. The van der Waals surface area contributed by atoms with Crippen LogP contribution in [0.5, 0.6) is 0 Å². The second-order valence-electron chi connectivity index (χ2n) is 2.47.